The fourth-order valence-electron chi connectivity index (χ4n) is 0.493. The second-order valence-electron chi connectivity index (χ2n) is 1.81. The molecule has 0 heterocycles. The zero-order valence-electron chi connectivity index (χ0n) is 5.49. The fraction of sp³-hybridized carbons (Fsp3) is 0.778. The maximum Gasteiger partial charge on any atom is -0.0352 e. The first-order chi connectivity index (χ1) is 3.31. The molecule has 0 rings (SSSR count). The lowest BCUT2D eigenvalue weighted by atomic mass is 10.2. The van der Waals surface area contributed by atoms with Crippen LogP contribution in [0, 0.1) is 0 Å². The Balaban J connectivity index is -0.000000180. The van der Waals surface area contributed by atoms with Gasteiger partial charge in [-0.2, -0.15) is 0 Å². The van der Waals surface area contributed by atoms with Crippen molar-refractivity contribution in [3.8, 4) is 0 Å². The smallest absolute Gasteiger partial charge is 0.0352 e. The molecule has 0 nitrogen and oxygen atoms in total. The van der Waals surface area contributed by atoms with Gasteiger partial charge in [0.05, 0.1) is 0 Å². The molecular weight excluding hydrogens is 108 g/mol. The summed E-state index contributed by atoms with van der Waals surface area (Å²) in [5.74, 6) is 0. The lowest BCUT2D eigenvalue weighted by Crippen LogP contribution is -1.67. The zero-order valence-corrected chi connectivity index (χ0v) is 5.49. The van der Waals surface area contributed by atoms with Crippen LogP contribution in [0.25, 0.3) is 0 Å². The molecule has 0 heteroatoms. The minimum atomic E-state index is 0. The van der Waals surface area contributed by atoms with Gasteiger partial charge >= 0.3 is 0 Å². The third kappa shape index (κ3) is 11.4. The number of rotatable bonds is 2. The summed E-state index contributed by atoms with van der Waals surface area (Å²) in [7, 11) is 0. The Bertz CT molecular complexity index is 60.4. The van der Waals surface area contributed by atoms with Crippen molar-refractivity contribution in [3.05, 3.63) is 11.6 Å². The van der Waals surface area contributed by atoms with Crippen LogP contribution in [0.1, 0.15) is 48.5 Å². The Kier molecular flexibility index (Phi) is 18.8. The van der Waals surface area contributed by atoms with Crippen molar-refractivity contribution in [2.45, 2.75) is 48.5 Å². The average molecular weight is 130 g/mol. The van der Waals surface area contributed by atoms with Crippen LogP contribution in [0.3, 0.4) is 0 Å². The summed E-state index contributed by atoms with van der Waals surface area (Å²) in [4.78, 5) is 0. The Morgan fingerprint density at radius 3 is 1.78 bits per heavy atom. The van der Waals surface area contributed by atoms with E-state index in [1.165, 1.54) is 18.4 Å². The summed E-state index contributed by atoms with van der Waals surface area (Å²) < 4.78 is 0. The van der Waals surface area contributed by atoms with Gasteiger partial charge in [-0.1, -0.05) is 40.3 Å². The molecule has 0 aromatic rings. The summed E-state index contributed by atoms with van der Waals surface area (Å²) in [5, 5.41) is 0. The van der Waals surface area contributed by atoms with Gasteiger partial charge in [0.15, 0.2) is 0 Å². The molecule has 0 saturated heterocycles. The molecule has 0 amide bonds. The van der Waals surface area contributed by atoms with Crippen LogP contribution in [-0.4, -0.2) is 0 Å². The van der Waals surface area contributed by atoms with Gasteiger partial charge in [-0.3, -0.25) is 0 Å². The van der Waals surface area contributed by atoms with Crippen molar-refractivity contribution in [1.82, 2.24) is 0 Å². The molecule has 0 unspecified atom stereocenters. The highest BCUT2D eigenvalue weighted by molar-refractivity contribution is 4.95. The summed E-state index contributed by atoms with van der Waals surface area (Å²) in [6, 6.07) is 0. The molecule has 0 aromatic carbocycles. The maximum atomic E-state index is 2.26. The van der Waals surface area contributed by atoms with Crippen LogP contribution in [-0.2, 0) is 0 Å². The Morgan fingerprint density at radius 1 is 1.22 bits per heavy atom. The lowest BCUT2D eigenvalue weighted by molar-refractivity contribution is 1.06. The van der Waals surface area contributed by atoms with E-state index < -0.39 is 0 Å². The molecule has 0 aliphatic rings. The molecule has 0 aliphatic heterocycles. The molecule has 0 aliphatic carbocycles. The standard InChI is InChI=1S/C7H14.2CH4/c1-4-6-7(3)5-2;;/h6H,4-5H2,1-3H3;2*1H4/b7-6-;;. The van der Waals surface area contributed by atoms with Crippen molar-refractivity contribution in [3.63, 3.8) is 0 Å². The van der Waals surface area contributed by atoms with Crippen molar-refractivity contribution in [2.24, 2.45) is 0 Å². The van der Waals surface area contributed by atoms with E-state index in [9.17, 15) is 0 Å². The molecule has 0 radical (unpaired) electrons. The maximum absolute atomic E-state index is 2.26. The lowest BCUT2D eigenvalue weighted by Gasteiger charge is -1.88. The van der Waals surface area contributed by atoms with Gasteiger partial charge in [0.25, 0.3) is 0 Å². The van der Waals surface area contributed by atoms with Crippen molar-refractivity contribution >= 4 is 0 Å². The monoisotopic (exact) mass is 130 g/mol. The van der Waals surface area contributed by atoms with Crippen LogP contribution in [0.4, 0.5) is 0 Å². The Hall–Kier alpha value is -0.260. The van der Waals surface area contributed by atoms with E-state index in [4.69, 9.17) is 0 Å². The van der Waals surface area contributed by atoms with Gasteiger partial charge in [0, 0.05) is 0 Å². The van der Waals surface area contributed by atoms with Crippen molar-refractivity contribution < 1.29 is 0 Å². The second kappa shape index (κ2) is 10.7. The molecule has 0 fully saturated rings. The number of allylic oxidation sites excluding steroid dienone is 2. The first-order valence-electron chi connectivity index (χ1n) is 2.96. The molecule has 0 atom stereocenters. The summed E-state index contributed by atoms with van der Waals surface area (Å²) in [5.41, 5.74) is 1.50. The molecule has 0 aromatic heterocycles. The zero-order chi connectivity index (χ0) is 5.70. The molecule has 0 saturated carbocycles. The number of hydrogen-bond donors (Lipinski definition) is 0. The predicted molar refractivity (Wildman–Crippen MR) is 47.8 cm³/mol. The van der Waals surface area contributed by atoms with Gasteiger partial charge in [-0.15, -0.1) is 0 Å². The third-order valence-corrected chi connectivity index (χ3v) is 1.11. The van der Waals surface area contributed by atoms with Gasteiger partial charge in [-0.25, -0.2) is 0 Å². The third-order valence-electron chi connectivity index (χ3n) is 1.11. The molecule has 9 heavy (non-hydrogen) atoms. The molecule has 0 N–H and O–H groups in total. The molecule has 0 spiro atoms. The van der Waals surface area contributed by atoms with Gasteiger partial charge in [-0.05, 0) is 19.8 Å². The van der Waals surface area contributed by atoms with E-state index in [1.807, 2.05) is 0 Å². The average Bonchev–Trinajstić information content (AvgIpc) is 1.68. The predicted octanol–water partition coefficient (Wildman–Crippen LogP) is 4.02. The minimum Gasteiger partial charge on any atom is -0.0859 e. The summed E-state index contributed by atoms with van der Waals surface area (Å²) >= 11 is 0. The van der Waals surface area contributed by atoms with E-state index >= 15 is 0 Å². The van der Waals surface area contributed by atoms with Crippen LogP contribution in [0.15, 0.2) is 11.6 Å². The fourth-order valence-corrected chi connectivity index (χ4v) is 0.493. The molecule has 0 bridgehead atoms. The Labute approximate surface area is 61.0 Å². The van der Waals surface area contributed by atoms with Crippen LogP contribution >= 0.6 is 0 Å². The van der Waals surface area contributed by atoms with E-state index in [0.29, 0.717) is 0 Å². The van der Waals surface area contributed by atoms with Crippen LogP contribution in [0.5, 0.6) is 0 Å². The van der Waals surface area contributed by atoms with E-state index in [0.717, 1.165) is 0 Å². The van der Waals surface area contributed by atoms with Gasteiger partial charge in [0.2, 0.25) is 0 Å². The highest BCUT2D eigenvalue weighted by Gasteiger charge is 1.76. The number of hydrogen-bond acceptors (Lipinski definition) is 0. The SMILES string of the molecule is C.C.CC/C=C(/C)CC. The largest absolute Gasteiger partial charge is 0.0859 e. The van der Waals surface area contributed by atoms with Crippen molar-refractivity contribution in [2.75, 3.05) is 0 Å². The van der Waals surface area contributed by atoms with E-state index in [1.54, 1.807) is 0 Å². The summed E-state index contributed by atoms with van der Waals surface area (Å²) in [6.07, 6.45) is 4.65. The molecule has 58 valence electrons. The second-order valence-corrected chi connectivity index (χ2v) is 1.81. The van der Waals surface area contributed by atoms with Gasteiger partial charge < -0.3 is 0 Å². The van der Waals surface area contributed by atoms with E-state index in [2.05, 4.69) is 26.8 Å². The van der Waals surface area contributed by atoms with Crippen molar-refractivity contribution in [1.29, 1.82) is 0 Å². The van der Waals surface area contributed by atoms with Crippen LogP contribution in [0.2, 0.25) is 0 Å². The van der Waals surface area contributed by atoms with E-state index in [-0.39, 0.29) is 14.9 Å². The van der Waals surface area contributed by atoms with Crippen LogP contribution < -0.4 is 0 Å². The normalized spacial score (nSPS) is 9.44. The van der Waals surface area contributed by atoms with Gasteiger partial charge in [0.1, 0.15) is 0 Å². The first-order valence-corrected chi connectivity index (χ1v) is 2.96. The molecular formula is C9H22. The quantitative estimate of drug-likeness (QED) is 0.495. The highest BCUT2D eigenvalue weighted by atomic mass is 13.8. The topological polar surface area (TPSA) is 0 Å². The minimum absolute atomic E-state index is 0. The highest BCUT2D eigenvalue weighted by Crippen LogP contribution is 1.97. The summed E-state index contributed by atoms with van der Waals surface area (Å²) in [6.45, 7) is 6.52. The first kappa shape index (κ1) is 15.9. The Morgan fingerprint density at radius 2 is 1.67 bits per heavy atom.